The van der Waals surface area contributed by atoms with Gasteiger partial charge >= 0.3 is 0 Å². The number of benzene rings is 1. The van der Waals surface area contributed by atoms with Crippen LogP contribution in [0.25, 0.3) is 0 Å². The van der Waals surface area contributed by atoms with Crippen LogP contribution in [0, 0.1) is 5.92 Å². The molecule has 114 valence electrons. The fourth-order valence-corrected chi connectivity index (χ4v) is 2.94. The van der Waals surface area contributed by atoms with Crippen LogP contribution < -0.4 is 10.6 Å². The van der Waals surface area contributed by atoms with Gasteiger partial charge in [0.15, 0.2) is 0 Å². The topological polar surface area (TPSA) is 44.4 Å². The molecule has 1 amide bonds. The van der Waals surface area contributed by atoms with Crippen LogP contribution in [-0.4, -0.2) is 43.0 Å². The van der Waals surface area contributed by atoms with Gasteiger partial charge in [-0.05, 0) is 24.8 Å². The van der Waals surface area contributed by atoms with Crippen molar-refractivity contribution in [3.63, 3.8) is 0 Å². The van der Waals surface area contributed by atoms with Crippen molar-refractivity contribution in [1.82, 2.24) is 15.5 Å². The molecule has 1 atom stereocenters. The van der Waals surface area contributed by atoms with Crippen molar-refractivity contribution in [2.75, 3.05) is 26.2 Å². The van der Waals surface area contributed by atoms with Crippen LogP contribution in [0.15, 0.2) is 30.3 Å². The summed E-state index contributed by atoms with van der Waals surface area (Å²) in [6.45, 7) is 4.93. The predicted molar refractivity (Wildman–Crippen MR) is 83.9 cm³/mol. The second kappa shape index (κ2) is 7.05. The minimum absolute atomic E-state index is 0.244. The molecule has 4 heteroatoms. The number of carbonyl (C=O) groups is 1. The zero-order valence-corrected chi connectivity index (χ0v) is 12.6. The lowest BCUT2D eigenvalue weighted by molar-refractivity contribution is -0.122. The minimum Gasteiger partial charge on any atom is -0.355 e. The van der Waals surface area contributed by atoms with Crippen LogP contribution in [-0.2, 0) is 11.3 Å². The molecule has 1 saturated heterocycles. The second-order valence-electron chi connectivity index (χ2n) is 6.23. The lowest BCUT2D eigenvalue weighted by atomic mass is 10.2. The molecule has 2 aliphatic rings. The first-order valence-corrected chi connectivity index (χ1v) is 8.08. The first kappa shape index (κ1) is 14.5. The molecule has 1 aromatic carbocycles. The van der Waals surface area contributed by atoms with Gasteiger partial charge in [-0.3, -0.25) is 9.69 Å². The third-order valence-corrected chi connectivity index (χ3v) is 4.33. The van der Waals surface area contributed by atoms with Crippen molar-refractivity contribution >= 4 is 5.91 Å². The van der Waals surface area contributed by atoms with Gasteiger partial charge in [0.2, 0.25) is 5.91 Å². The van der Waals surface area contributed by atoms with Gasteiger partial charge in [0, 0.05) is 44.7 Å². The average molecular weight is 287 g/mol. The Morgan fingerprint density at radius 2 is 1.95 bits per heavy atom. The number of rotatable bonds is 7. The smallest absolute Gasteiger partial charge is 0.223 e. The number of likely N-dealkylation sites (tertiary alicyclic amines) is 1. The van der Waals surface area contributed by atoms with Gasteiger partial charge in [0.05, 0.1) is 0 Å². The lowest BCUT2D eigenvalue weighted by Crippen LogP contribution is -2.38. The highest BCUT2D eigenvalue weighted by Gasteiger charge is 2.29. The van der Waals surface area contributed by atoms with Crippen molar-refractivity contribution < 1.29 is 4.79 Å². The van der Waals surface area contributed by atoms with Crippen molar-refractivity contribution in [2.24, 2.45) is 5.92 Å². The number of amides is 1. The van der Waals surface area contributed by atoms with Crippen molar-refractivity contribution in [3.8, 4) is 0 Å². The molecule has 0 radical (unpaired) electrons. The fourth-order valence-electron chi connectivity index (χ4n) is 2.94. The Kier molecular flexibility index (Phi) is 4.88. The number of hydrogen-bond donors (Lipinski definition) is 2. The summed E-state index contributed by atoms with van der Waals surface area (Å²) in [6, 6.07) is 11.2. The van der Waals surface area contributed by atoms with E-state index >= 15 is 0 Å². The summed E-state index contributed by atoms with van der Waals surface area (Å²) in [5.74, 6) is 0.562. The highest BCUT2D eigenvalue weighted by molar-refractivity contribution is 5.80. The first-order chi connectivity index (χ1) is 10.3. The SMILES string of the molecule is O=C(NCCNC1CCN(Cc2ccccc2)C1)C1CC1. The minimum atomic E-state index is 0.244. The van der Waals surface area contributed by atoms with Crippen molar-refractivity contribution in [2.45, 2.75) is 31.8 Å². The Hall–Kier alpha value is -1.39. The third-order valence-electron chi connectivity index (χ3n) is 4.33. The Bertz CT molecular complexity index is 458. The van der Waals surface area contributed by atoms with E-state index < -0.39 is 0 Å². The van der Waals surface area contributed by atoms with E-state index in [1.165, 1.54) is 12.0 Å². The zero-order valence-electron chi connectivity index (χ0n) is 12.6. The Balaban J connectivity index is 1.30. The summed E-state index contributed by atoms with van der Waals surface area (Å²) in [4.78, 5) is 14.0. The standard InChI is InChI=1S/C17H25N3O/c21-17(15-6-7-15)19-10-9-18-16-8-11-20(13-16)12-14-4-2-1-3-5-14/h1-5,15-16,18H,6-13H2,(H,19,21). The zero-order chi connectivity index (χ0) is 14.5. The first-order valence-electron chi connectivity index (χ1n) is 8.08. The molecule has 4 nitrogen and oxygen atoms in total. The monoisotopic (exact) mass is 287 g/mol. The molecule has 3 rings (SSSR count). The summed E-state index contributed by atoms with van der Waals surface area (Å²) in [5, 5.41) is 6.56. The molecular weight excluding hydrogens is 262 g/mol. The molecular formula is C17H25N3O. The van der Waals surface area contributed by atoms with Crippen LogP contribution in [0.4, 0.5) is 0 Å². The van der Waals surface area contributed by atoms with E-state index in [0.717, 1.165) is 45.6 Å². The molecule has 21 heavy (non-hydrogen) atoms. The maximum absolute atomic E-state index is 11.5. The van der Waals surface area contributed by atoms with Crippen LogP contribution in [0.5, 0.6) is 0 Å². The number of nitrogens with one attached hydrogen (secondary N) is 2. The summed E-state index contributed by atoms with van der Waals surface area (Å²) in [5.41, 5.74) is 1.38. The van der Waals surface area contributed by atoms with E-state index in [2.05, 4.69) is 45.9 Å². The number of hydrogen-bond acceptors (Lipinski definition) is 3. The second-order valence-corrected chi connectivity index (χ2v) is 6.23. The van der Waals surface area contributed by atoms with E-state index in [4.69, 9.17) is 0 Å². The van der Waals surface area contributed by atoms with Gasteiger partial charge < -0.3 is 10.6 Å². The van der Waals surface area contributed by atoms with Gasteiger partial charge in [-0.2, -0.15) is 0 Å². The number of nitrogens with zero attached hydrogens (tertiary/aromatic N) is 1. The van der Waals surface area contributed by atoms with Gasteiger partial charge in [0.1, 0.15) is 0 Å². The third kappa shape index (κ3) is 4.55. The molecule has 0 spiro atoms. The molecule has 1 aromatic rings. The van der Waals surface area contributed by atoms with Crippen molar-refractivity contribution in [1.29, 1.82) is 0 Å². The average Bonchev–Trinajstić information content (AvgIpc) is 3.27. The molecule has 1 saturated carbocycles. The lowest BCUT2D eigenvalue weighted by Gasteiger charge is -2.17. The van der Waals surface area contributed by atoms with E-state index in [-0.39, 0.29) is 5.91 Å². The largest absolute Gasteiger partial charge is 0.355 e. The maximum Gasteiger partial charge on any atom is 0.223 e. The summed E-state index contributed by atoms with van der Waals surface area (Å²) in [7, 11) is 0. The normalized spacial score (nSPS) is 22.4. The molecule has 1 aliphatic carbocycles. The highest BCUT2D eigenvalue weighted by atomic mass is 16.2. The van der Waals surface area contributed by atoms with Crippen LogP contribution in [0.1, 0.15) is 24.8 Å². The Labute approximate surface area is 126 Å². The molecule has 0 aromatic heterocycles. The van der Waals surface area contributed by atoms with Crippen LogP contribution >= 0.6 is 0 Å². The van der Waals surface area contributed by atoms with Gasteiger partial charge in [-0.15, -0.1) is 0 Å². The predicted octanol–water partition coefficient (Wildman–Crippen LogP) is 1.38. The van der Waals surface area contributed by atoms with E-state index in [1.54, 1.807) is 0 Å². The fraction of sp³-hybridized carbons (Fsp3) is 0.588. The molecule has 1 unspecified atom stereocenters. The van der Waals surface area contributed by atoms with Gasteiger partial charge in [-0.25, -0.2) is 0 Å². The molecule has 2 N–H and O–H groups in total. The summed E-state index contributed by atoms with van der Waals surface area (Å²) < 4.78 is 0. The summed E-state index contributed by atoms with van der Waals surface area (Å²) in [6.07, 6.45) is 3.36. The Morgan fingerprint density at radius 1 is 1.14 bits per heavy atom. The van der Waals surface area contributed by atoms with E-state index in [0.29, 0.717) is 12.0 Å². The molecule has 1 heterocycles. The van der Waals surface area contributed by atoms with Gasteiger partial charge in [0.25, 0.3) is 0 Å². The van der Waals surface area contributed by atoms with E-state index in [9.17, 15) is 4.79 Å². The van der Waals surface area contributed by atoms with Crippen LogP contribution in [0.2, 0.25) is 0 Å². The molecule has 1 aliphatic heterocycles. The summed E-state index contributed by atoms with van der Waals surface area (Å²) >= 11 is 0. The quantitative estimate of drug-likeness (QED) is 0.745. The van der Waals surface area contributed by atoms with E-state index in [1.807, 2.05) is 0 Å². The number of carbonyl (C=O) groups excluding carboxylic acids is 1. The van der Waals surface area contributed by atoms with Crippen LogP contribution in [0.3, 0.4) is 0 Å². The van der Waals surface area contributed by atoms with Crippen molar-refractivity contribution in [3.05, 3.63) is 35.9 Å². The van der Waals surface area contributed by atoms with Gasteiger partial charge in [-0.1, -0.05) is 30.3 Å². The maximum atomic E-state index is 11.5. The molecule has 2 fully saturated rings. The highest BCUT2D eigenvalue weighted by Crippen LogP contribution is 2.28. The molecule has 0 bridgehead atoms. The Morgan fingerprint density at radius 3 is 2.71 bits per heavy atom.